The summed E-state index contributed by atoms with van der Waals surface area (Å²) in [5, 5.41) is 16.4. The number of ether oxygens (including phenoxy) is 1. The maximum absolute atomic E-state index is 14.3. The number of hydrogen-bond donors (Lipinski definition) is 4. The molecule has 43 heavy (non-hydrogen) atoms. The van der Waals surface area contributed by atoms with Crippen molar-refractivity contribution < 1.29 is 33.0 Å². The highest BCUT2D eigenvalue weighted by Gasteiger charge is 2.33. The van der Waals surface area contributed by atoms with Gasteiger partial charge in [0.05, 0.1) is 25.1 Å². The molecule has 5 N–H and O–H groups in total. The summed E-state index contributed by atoms with van der Waals surface area (Å²) in [6, 6.07) is 4.96. The minimum atomic E-state index is -3.24. The van der Waals surface area contributed by atoms with Crippen molar-refractivity contribution in [3.05, 3.63) is 53.2 Å². The van der Waals surface area contributed by atoms with Crippen molar-refractivity contribution in [1.82, 2.24) is 24.6 Å². The van der Waals surface area contributed by atoms with Gasteiger partial charge in [0, 0.05) is 49.1 Å². The zero-order valence-electron chi connectivity index (χ0n) is 24.8. The molecule has 0 saturated heterocycles. The van der Waals surface area contributed by atoms with Crippen LogP contribution in [0.1, 0.15) is 59.9 Å². The number of amides is 2. The molecule has 0 fully saturated rings. The van der Waals surface area contributed by atoms with Gasteiger partial charge in [-0.1, -0.05) is 12.8 Å². The summed E-state index contributed by atoms with van der Waals surface area (Å²) in [4.78, 5) is 38.3. The first-order chi connectivity index (χ1) is 20.2. The highest BCUT2D eigenvalue weighted by Crippen LogP contribution is 2.34. The van der Waals surface area contributed by atoms with Gasteiger partial charge in [-0.3, -0.25) is 19.1 Å². The molecular formula is C29H37F2N7O5. The Labute approximate surface area is 248 Å². The quantitative estimate of drug-likeness (QED) is 0.140. The van der Waals surface area contributed by atoms with Gasteiger partial charge in [0.2, 0.25) is 0 Å². The number of nitrogens with zero attached hydrogens (tertiary/aromatic N) is 4. The minimum Gasteiger partial charge on any atom is -0.483 e. The van der Waals surface area contributed by atoms with Crippen LogP contribution in [-0.4, -0.2) is 68.0 Å². The third kappa shape index (κ3) is 9.73. The van der Waals surface area contributed by atoms with E-state index in [1.807, 2.05) is 20.8 Å². The molecule has 0 bridgehead atoms. The highest BCUT2D eigenvalue weighted by atomic mass is 19.3. The summed E-state index contributed by atoms with van der Waals surface area (Å²) in [6.45, 7) is 7.14. The standard InChI is InChI=1S/C28H35F2N7O3.CH2O2/c1-7-12-37-16-21(23(35-37)28(5,29)30)22-15-33-24(36(22)6)26(39)34-19-9-10-20(18(8-2)14-19)25(38)32-11-13-40-17-27(3,4)31;2-1-3/h1,9-10,14-16H,8,11-13,17,31H2,2-6H3,(H,32,38)(H,34,39);1H,(H,2,3). The Balaban J connectivity index is 0.00000206. The second kappa shape index (κ2) is 15.0. The van der Waals surface area contributed by atoms with E-state index in [-0.39, 0.29) is 36.0 Å². The maximum Gasteiger partial charge on any atom is 0.291 e. The van der Waals surface area contributed by atoms with Crippen LogP contribution < -0.4 is 16.4 Å². The fraction of sp³-hybridized carbons (Fsp3) is 0.414. The minimum absolute atomic E-state index is 0.00518. The number of carbonyl (C=O) groups is 3. The number of nitrogens with two attached hydrogens (primary N) is 1. The van der Waals surface area contributed by atoms with Crippen molar-refractivity contribution in [1.29, 1.82) is 0 Å². The van der Waals surface area contributed by atoms with E-state index < -0.39 is 23.1 Å². The summed E-state index contributed by atoms with van der Waals surface area (Å²) in [6.07, 6.45) is 8.60. The number of terminal acetylenes is 1. The average Bonchev–Trinajstić information content (AvgIpc) is 3.51. The van der Waals surface area contributed by atoms with Crippen LogP contribution in [0.5, 0.6) is 0 Å². The number of aromatic nitrogens is 4. The van der Waals surface area contributed by atoms with Gasteiger partial charge in [-0.05, 0) is 44.0 Å². The normalized spacial score (nSPS) is 11.2. The molecule has 3 rings (SSSR count). The van der Waals surface area contributed by atoms with E-state index in [1.165, 1.54) is 21.6 Å². The van der Waals surface area contributed by atoms with Crippen LogP contribution in [0.15, 0.2) is 30.6 Å². The molecule has 0 saturated carbocycles. The third-order valence-corrected chi connectivity index (χ3v) is 5.89. The Bertz CT molecular complexity index is 1460. The number of alkyl halides is 2. The number of aryl methyl sites for hydroxylation is 1. The Morgan fingerprint density at radius 2 is 1.93 bits per heavy atom. The first kappa shape index (κ1) is 34.6. The zero-order valence-corrected chi connectivity index (χ0v) is 24.8. The number of carbonyl (C=O) groups excluding carboxylic acids is 2. The molecule has 0 aliphatic heterocycles. The second-order valence-corrected chi connectivity index (χ2v) is 10.3. The van der Waals surface area contributed by atoms with E-state index in [4.69, 9.17) is 26.8 Å². The lowest BCUT2D eigenvalue weighted by molar-refractivity contribution is -0.122. The second-order valence-electron chi connectivity index (χ2n) is 10.3. The summed E-state index contributed by atoms with van der Waals surface area (Å²) < 4.78 is 36.7. The Hall–Kier alpha value is -4.61. The van der Waals surface area contributed by atoms with Gasteiger partial charge in [0.15, 0.2) is 5.82 Å². The summed E-state index contributed by atoms with van der Waals surface area (Å²) in [5.41, 5.74) is 7.04. The fourth-order valence-corrected chi connectivity index (χ4v) is 4.02. The van der Waals surface area contributed by atoms with Crippen LogP contribution in [0.4, 0.5) is 14.5 Å². The molecule has 232 valence electrons. The van der Waals surface area contributed by atoms with Crippen LogP contribution >= 0.6 is 0 Å². The predicted octanol–water partition coefficient (Wildman–Crippen LogP) is 3.03. The van der Waals surface area contributed by atoms with Gasteiger partial charge in [-0.2, -0.15) is 13.9 Å². The zero-order chi connectivity index (χ0) is 32.4. The average molecular weight is 602 g/mol. The van der Waals surface area contributed by atoms with Crippen molar-refractivity contribution in [2.75, 3.05) is 25.1 Å². The largest absolute Gasteiger partial charge is 0.483 e. The van der Waals surface area contributed by atoms with E-state index in [0.29, 0.717) is 37.4 Å². The number of halogens is 2. The number of nitrogens with one attached hydrogen (secondary N) is 2. The lowest BCUT2D eigenvalue weighted by atomic mass is 10.0. The predicted molar refractivity (Wildman–Crippen MR) is 157 cm³/mol. The molecule has 2 aromatic heterocycles. The van der Waals surface area contributed by atoms with Crippen molar-refractivity contribution in [3.63, 3.8) is 0 Å². The molecule has 12 nitrogen and oxygen atoms in total. The smallest absolute Gasteiger partial charge is 0.291 e. The van der Waals surface area contributed by atoms with Gasteiger partial charge in [0.25, 0.3) is 24.2 Å². The maximum atomic E-state index is 14.3. The number of benzene rings is 1. The fourth-order valence-electron chi connectivity index (χ4n) is 4.02. The first-order valence-corrected chi connectivity index (χ1v) is 13.2. The molecule has 14 heteroatoms. The van der Waals surface area contributed by atoms with E-state index in [2.05, 4.69) is 26.6 Å². The van der Waals surface area contributed by atoms with Crippen LogP contribution in [0.25, 0.3) is 11.3 Å². The van der Waals surface area contributed by atoms with Gasteiger partial charge < -0.3 is 30.8 Å². The number of rotatable bonds is 12. The van der Waals surface area contributed by atoms with Gasteiger partial charge in [-0.15, -0.1) is 6.42 Å². The van der Waals surface area contributed by atoms with Gasteiger partial charge >= 0.3 is 0 Å². The Morgan fingerprint density at radius 3 is 2.51 bits per heavy atom. The molecule has 2 heterocycles. The Morgan fingerprint density at radius 1 is 1.26 bits per heavy atom. The molecule has 0 atom stereocenters. The van der Waals surface area contributed by atoms with Crippen LogP contribution in [-0.2, 0) is 35.5 Å². The molecule has 0 radical (unpaired) electrons. The van der Waals surface area contributed by atoms with E-state index in [0.717, 1.165) is 12.5 Å². The van der Waals surface area contributed by atoms with Gasteiger partial charge in [-0.25, -0.2) is 4.98 Å². The number of imidazole rings is 1. The SMILES string of the molecule is C#CCn1cc(-c2cnc(C(=O)Nc3ccc(C(=O)NCCOCC(C)(C)N)c(CC)c3)n2C)c(C(C)(F)F)n1.O=CO. The van der Waals surface area contributed by atoms with Crippen molar-refractivity contribution in [2.24, 2.45) is 12.8 Å². The van der Waals surface area contributed by atoms with Crippen LogP contribution in [0.3, 0.4) is 0 Å². The van der Waals surface area contributed by atoms with Crippen LogP contribution in [0.2, 0.25) is 0 Å². The third-order valence-electron chi connectivity index (χ3n) is 5.89. The molecule has 1 aromatic carbocycles. The summed E-state index contributed by atoms with van der Waals surface area (Å²) in [7, 11) is 1.55. The lowest BCUT2D eigenvalue weighted by Gasteiger charge is -2.18. The van der Waals surface area contributed by atoms with Gasteiger partial charge in [0.1, 0.15) is 12.2 Å². The molecule has 2 amide bonds. The summed E-state index contributed by atoms with van der Waals surface area (Å²) in [5.74, 6) is -1.67. The number of anilines is 1. The summed E-state index contributed by atoms with van der Waals surface area (Å²) >= 11 is 0. The highest BCUT2D eigenvalue weighted by molar-refractivity contribution is 6.03. The Kier molecular flexibility index (Phi) is 12.1. The molecule has 0 unspecified atom stereocenters. The topological polar surface area (TPSA) is 166 Å². The van der Waals surface area contributed by atoms with Crippen molar-refractivity contribution >= 4 is 24.0 Å². The van der Waals surface area contributed by atoms with Crippen molar-refractivity contribution in [3.8, 4) is 23.6 Å². The number of hydrogen-bond acceptors (Lipinski definition) is 7. The molecular weight excluding hydrogens is 564 g/mol. The van der Waals surface area contributed by atoms with Crippen molar-refractivity contribution in [2.45, 2.75) is 52.1 Å². The molecule has 3 aromatic rings. The van der Waals surface area contributed by atoms with E-state index in [9.17, 15) is 18.4 Å². The molecule has 0 spiro atoms. The molecule has 0 aliphatic rings. The monoisotopic (exact) mass is 601 g/mol. The van der Waals surface area contributed by atoms with Crippen LogP contribution in [0, 0.1) is 12.3 Å². The first-order valence-electron chi connectivity index (χ1n) is 13.2. The van der Waals surface area contributed by atoms with E-state index >= 15 is 0 Å². The lowest BCUT2D eigenvalue weighted by Crippen LogP contribution is -2.38. The van der Waals surface area contributed by atoms with E-state index in [1.54, 1.807) is 25.2 Å². The number of carboxylic acid groups (broad SMARTS) is 1. The molecule has 0 aliphatic carbocycles.